The highest BCUT2D eigenvalue weighted by atomic mass is 19.4. The Morgan fingerprint density at radius 3 is 2.34 bits per heavy atom. The van der Waals surface area contributed by atoms with Crippen LogP contribution < -0.4 is 10.6 Å². The Hall–Kier alpha value is -3.12. The minimum Gasteiger partial charge on any atom is -0.367 e. The van der Waals surface area contributed by atoms with Gasteiger partial charge >= 0.3 is 6.18 Å². The summed E-state index contributed by atoms with van der Waals surface area (Å²) in [6.07, 6.45) is -4.34. The number of halogens is 4. The highest BCUT2D eigenvalue weighted by Crippen LogP contribution is 2.16. The number of nitrogens with zero attached hydrogens (tertiary/aromatic N) is 2. The number of hydrogen-bond acceptors (Lipinski definition) is 3. The van der Waals surface area contributed by atoms with Gasteiger partial charge in [-0.3, -0.25) is 4.99 Å². The highest BCUT2D eigenvalue weighted by Gasteiger charge is 2.27. The van der Waals surface area contributed by atoms with Crippen molar-refractivity contribution in [2.45, 2.75) is 25.9 Å². The Kier molecular flexibility index (Phi) is 7.98. The van der Waals surface area contributed by atoms with Gasteiger partial charge < -0.3 is 15.4 Å². The van der Waals surface area contributed by atoms with Crippen molar-refractivity contribution >= 4 is 5.96 Å². The number of aliphatic imine (C=N–C) groups is 1. The van der Waals surface area contributed by atoms with Crippen molar-refractivity contribution in [3.8, 4) is 6.07 Å². The van der Waals surface area contributed by atoms with Crippen LogP contribution in [0.3, 0.4) is 0 Å². The topological polar surface area (TPSA) is 69.4 Å². The van der Waals surface area contributed by atoms with Gasteiger partial charge in [0.15, 0.2) is 5.96 Å². The van der Waals surface area contributed by atoms with Crippen LogP contribution in [0.15, 0.2) is 47.5 Å². The third-order valence-corrected chi connectivity index (χ3v) is 3.86. The molecule has 9 heteroatoms. The van der Waals surface area contributed by atoms with Gasteiger partial charge in [0.05, 0.1) is 18.2 Å². The Morgan fingerprint density at radius 2 is 1.72 bits per heavy atom. The molecule has 0 amide bonds. The first-order chi connectivity index (χ1) is 13.8. The maximum absolute atomic E-state index is 13.8. The lowest BCUT2D eigenvalue weighted by atomic mass is 10.1. The summed E-state index contributed by atoms with van der Waals surface area (Å²) in [5.74, 6) is 0.0135. The fourth-order valence-electron chi connectivity index (χ4n) is 2.40. The molecule has 5 nitrogen and oxygen atoms in total. The quantitative estimate of drug-likeness (QED) is 0.417. The zero-order valence-corrected chi connectivity index (χ0v) is 15.7. The summed E-state index contributed by atoms with van der Waals surface area (Å²) < 4.78 is 54.7. The van der Waals surface area contributed by atoms with Gasteiger partial charge in [0, 0.05) is 25.7 Å². The largest absolute Gasteiger partial charge is 0.411 e. The van der Waals surface area contributed by atoms with E-state index in [2.05, 4.69) is 20.4 Å². The number of nitriles is 1. The third kappa shape index (κ3) is 7.79. The van der Waals surface area contributed by atoms with Crippen LogP contribution in [0.5, 0.6) is 0 Å². The summed E-state index contributed by atoms with van der Waals surface area (Å²) in [7, 11) is 1.57. The standard InChI is InChI=1S/C20H20F4N4O/c1-26-19(28-11-17-8-16(9-25)6-7-18(17)21)27-10-14-2-4-15(5-3-14)12-29-13-20(22,23)24/h2-8H,10-13H2,1H3,(H2,26,27,28). The summed E-state index contributed by atoms with van der Waals surface area (Å²) in [6, 6.07) is 13.0. The monoisotopic (exact) mass is 408 g/mol. The summed E-state index contributed by atoms with van der Waals surface area (Å²) >= 11 is 0. The first-order valence-corrected chi connectivity index (χ1v) is 8.66. The number of guanidine groups is 1. The lowest BCUT2D eigenvalue weighted by Gasteiger charge is -2.13. The molecule has 2 N–H and O–H groups in total. The molecule has 0 bridgehead atoms. The first kappa shape index (κ1) is 22.2. The molecule has 2 rings (SSSR count). The van der Waals surface area contributed by atoms with Crippen molar-refractivity contribution in [3.63, 3.8) is 0 Å². The van der Waals surface area contributed by atoms with E-state index in [9.17, 15) is 17.6 Å². The second-order valence-electron chi connectivity index (χ2n) is 6.12. The van der Waals surface area contributed by atoms with Crippen LogP contribution in [0.2, 0.25) is 0 Å². The number of ether oxygens (including phenoxy) is 1. The van der Waals surface area contributed by atoms with Crippen molar-refractivity contribution in [2.24, 2.45) is 4.99 Å². The van der Waals surface area contributed by atoms with Crippen molar-refractivity contribution < 1.29 is 22.3 Å². The van der Waals surface area contributed by atoms with Crippen LogP contribution in [-0.2, 0) is 24.4 Å². The summed E-state index contributed by atoms with van der Waals surface area (Å²) in [5.41, 5.74) is 2.22. The lowest BCUT2D eigenvalue weighted by Crippen LogP contribution is -2.36. The molecule has 2 aromatic carbocycles. The molecule has 0 heterocycles. The number of alkyl halides is 3. The molecule has 2 aromatic rings. The zero-order chi connectivity index (χ0) is 21.3. The molecule has 0 aliphatic carbocycles. The molecule has 0 aliphatic rings. The van der Waals surface area contributed by atoms with Gasteiger partial charge in [0.1, 0.15) is 12.4 Å². The smallest absolute Gasteiger partial charge is 0.367 e. The predicted molar refractivity (Wildman–Crippen MR) is 100 cm³/mol. The fraction of sp³-hybridized carbons (Fsp3) is 0.300. The molecular weight excluding hydrogens is 388 g/mol. The second kappa shape index (κ2) is 10.4. The number of rotatable bonds is 7. The van der Waals surface area contributed by atoms with E-state index in [-0.39, 0.29) is 13.2 Å². The maximum atomic E-state index is 13.8. The van der Waals surface area contributed by atoms with Gasteiger partial charge in [-0.2, -0.15) is 18.4 Å². The summed E-state index contributed by atoms with van der Waals surface area (Å²) in [4.78, 5) is 4.05. The Morgan fingerprint density at radius 1 is 1.07 bits per heavy atom. The van der Waals surface area contributed by atoms with Gasteiger partial charge in [0.25, 0.3) is 0 Å². The maximum Gasteiger partial charge on any atom is 0.411 e. The Balaban J connectivity index is 1.82. The van der Waals surface area contributed by atoms with Gasteiger partial charge in [0.2, 0.25) is 0 Å². The van der Waals surface area contributed by atoms with Gasteiger partial charge in [-0.15, -0.1) is 0 Å². The van der Waals surface area contributed by atoms with E-state index in [0.29, 0.717) is 29.2 Å². The van der Waals surface area contributed by atoms with E-state index in [1.54, 1.807) is 31.3 Å². The normalized spacial score (nSPS) is 11.8. The molecular formula is C20H20F4N4O. The van der Waals surface area contributed by atoms with Crippen LogP contribution in [0.1, 0.15) is 22.3 Å². The molecule has 154 valence electrons. The fourth-order valence-corrected chi connectivity index (χ4v) is 2.40. The van der Waals surface area contributed by atoms with E-state index in [4.69, 9.17) is 5.26 Å². The molecule has 0 atom stereocenters. The molecule has 0 spiro atoms. The zero-order valence-electron chi connectivity index (χ0n) is 15.7. The summed E-state index contributed by atoms with van der Waals surface area (Å²) in [6.45, 7) is -0.847. The van der Waals surface area contributed by atoms with Crippen LogP contribution in [-0.4, -0.2) is 25.8 Å². The predicted octanol–water partition coefficient (Wildman–Crippen LogP) is 3.64. The number of hydrogen-bond donors (Lipinski definition) is 2. The van der Waals surface area contributed by atoms with E-state index < -0.39 is 18.6 Å². The van der Waals surface area contributed by atoms with Crippen LogP contribution in [0, 0.1) is 17.1 Å². The van der Waals surface area contributed by atoms with Gasteiger partial charge in [-0.05, 0) is 29.3 Å². The van der Waals surface area contributed by atoms with Crippen LogP contribution in [0.25, 0.3) is 0 Å². The molecule has 0 saturated carbocycles. The lowest BCUT2D eigenvalue weighted by molar-refractivity contribution is -0.176. The van der Waals surface area contributed by atoms with Crippen LogP contribution in [0.4, 0.5) is 17.6 Å². The molecule has 0 fully saturated rings. The van der Waals surface area contributed by atoms with Gasteiger partial charge in [-0.1, -0.05) is 24.3 Å². The number of nitrogens with one attached hydrogen (secondary N) is 2. The molecule has 0 unspecified atom stereocenters. The first-order valence-electron chi connectivity index (χ1n) is 8.66. The van der Waals surface area contributed by atoms with Crippen molar-refractivity contribution in [2.75, 3.05) is 13.7 Å². The number of benzene rings is 2. The molecule has 0 aliphatic heterocycles. The SMILES string of the molecule is CN=C(NCc1ccc(COCC(F)(F)F)cc1)NCc1cc(C#N)ccc1F. The molecule has 0 saturated heterocycles. The Labute approximate surface area is 166 Å². The second-order valence-corrected chi connectivity index (χ2v) is 6.12. The van der Waals surface area contributed by atoms with E-state index in [0.717, 1.165) is 5.56 Å². The van der Waals surface area contributed by atoms with E-state index >= 15 is 0 Å². The third-order valence-electron chi connectivity index (χ3n) is 3.86. The summed E-state index contributed by atoms with van der Waals surface area (Å²) in [5, 5.41) is 14.9. The van der Waals surface area contributed by atoms with E-state index in [1.165, 1.54) is 18.2 Å². The average Bonchev–Trinajstić information content (AvgIpc) is 2.69. The highest BCUT2D eigenvalue weighted by molar-refractivity contribution is 5.79. The van der Waals surface area contributed by atoms with Crippen molar-refractivity contribution in [1.82, 2.24) is 10.6 Å². The molecule has 0 radical (unpaired) electrons. The van der Waals surface area contributed by atoms with E-state index in [1.807, 2.05) is 6.07 Å². The minimum atomic E-state index is -4.34. The average molecular weight is 408 g/mol. The molecule has 0 aromatic heterocycles. The molecule has 29 heavy (non-hydrogen) atoms. The Bertz CT molecular complexity index is 874. The van der Waals surface area contributed by atoms with Gasteiger partial charge in [-0.25, -0.2) is 4.39 Å². The van der Waals surface area contributed by atoms with Crippen molar-refractivity contribution in [3.05, 3.63) is 70.5 Å². The van der Waals surface area contributed by atoms with Crippen LogP contribution >= 0.6 is 0 Å². The van der Waals surface area contributed by atoms with Crippen molar-refractivity contribution in [1.29, 1.82) is 5.26 Å². The minimum absolute atomic E-state index is 0.121.